The van der Waals surface area contributed by atoms with Crippen LogP contribution in [0.3, 0.4) is 0 Å². The van der Waals surface area contributed by atoms with E-state index in [2.05, 4.69) is 10.6 Å². The maximum atomic E-state index is 13.5. The monoisotopic (exact) mass is 494 g/mol. The number of benzene rings is 3. The predicted molar refractivity (Wildman–Crippen MR) is 143 cm³/mol. The van der Waals surface area contributed by atoms with Crippen LogP contribution in [0.1, 0.15) is 47.3 Å². The number of nitrogens with one attached hydrogen (secondary N) is 2. The molecule has 1 aliphatic rings. The van der Waals surface area contributed by atoms with E-state index in [1.54, 1.807) is 18.0 Å². The number of ether oxygens (including phenoxy) is 1. The zero-order chi connectivity index (χ0) is 25.8. The first kappa shape index (κ1) is 24.3. The minimum atomic E-state index is -0.234. The molecule has 1 heterocycles. The van der Waals surface area contributed by atoms with Crippen LogP contribution in [0.2, 0.25) is 0 Å². The zero-order valence-corrected chi connectivity index (χ0v) is 21.0. The Morgan fingerprint density at radius 2 is 1.70 bits per heavy atom. The van der Waals surface area contributed by atoms with E-state index in [1.165, 1.54) is 0 Å². The van der Waals surface area contributed by atoms with Crippen molar-refractivity contribution in [1.29, 1.82) is 0 Å². The molecule has 3 aromatic carbocycles. The van der Waals surface area contributed by atoms with Gasteiger partial charge in [-0.15, -0.1) is 0 Å². The molecule has 0 aliphatic heterocycles. The molecule has 188 valence electrons. The standard InChI is InChI=1S/C30H30N4O3/c1-20(22-10-14-25(15-11-22)32-29(35)24-8-9-24)31-30(36)27-19-34(18-21-6-4-3-5-7-21)33-28(27)23-12-16-26(37-2)17-13-23/h3-7,10-17,19-20,24H,8-9,18H2,1-2H3,(H,31,36)(H,32,35). The van der Waals surface area contributed by atoms with Gasteiger partial charge in [-0.1, -0.05) is 42.5 Å². The Bertz CT molecular complexity index is 1370. The van der Waals surface area contributed by atoms with Crippen LogP contribution in [0.15, 0.2) is 85.1 Å². The third-order valence-electron chi connectivity index (χ3n) is 6.53. The summed E-state index contributed by atoms with van der Waals surface area (Å²) in [5.74, 6) is 0.765. The predicted octanol–water partition coefficient (Wildman–Crippen LogP) is 5.45. The summed E-state index contributed by atoms with van der Waals surface area (Å²) in [6.45, 7) is 2.50. The molecule has 1 saturated carbocycles. The normalized spacial score (nSPS) is 13.6. The van der Waals surface area contributed by atoms with Crippen LogP contribution in [0.4, 0.5) is 5.69 Å². The van der Waals surface area contributed by atoms with Gasteiger partial charge >= 0.3 is 0 Å². The molecular formula is C30H30N4O3. The van der Waals surface area contributed by atoms with Crippen LogP contribution in [-0.2, 0) is 11.3 Å². The van der Waals surface area contributed by atoms with E-state index in [0.29, 0.717) is 17.8 Å². The van der Waals surface area contributed by atoms with Gasteiger partial charge in [0.25, 0.3) is 5.91 Å². The summed E-state index contributed by atoms with van der Waals surface area (Å²) in [5.41, 5.74) is 4.76. The fourth-order valence-electron chi connectivity index (χ4n) is 4.20. The molecule has 1 aromatic heterocycles. The Kier molecular flexibility index (Phi) is 7.03. The van der Waals surface area contributed by atoms with Crippen molar-refractivity contribution in [2.45, 2.75) is 32.4 Å². The molecule has 2 amide bonds. The number of carbonyl (C=O) groups is 2. The largest absolute Gasteiger partial charge is 0.497 e. The van der Waals surface area contributed by atoms with Crippen molar-refractivity contribution < 1.29 is 14.3 Å². The number of anilines is 1. The number of amides is 2. The van der Waals surface area contributed by atoms with E-state index in [9.17, 15) is 9.59 Å². The Balaban J connectivity index is 1.35. The number of nitrogens with zero attached hydrogens (tertiary/aromatic N) is 2. The molecule has 5 rings (SSSR count). The Labute approximate surface area is 216 Å². The zero-order valence-electron chi connectivity index (χ0n) is 21.0. The topological polar surface area (TPSA) is 85.2 Å². The summed E-state index contributed by atoms with van der Waals surface area (Å²) >= 11 is 0. The van der Waals surface area contributed by atoms with E-state index in [4.69, 9.17) is 9.84 Å². The van der Waals surface area contributed by atoms with Crippen molar-refractivity contribution in [3.8, 4) is 17.0 Å². The number of aromatic nitrogens is 2. The van der Waals surface area contributed by atoms with Gasteiger partial charge < -0.3 is 15.4 Å². The molecule has 2 N–H and O–H groups in total. The summed E-state index contributed by atoms with van der Waals surface area (Å²) in [4.78, 5) is 25.5. The van der Waals surface area contributed by atoms with Crippen LogP contribution >= 0.6 is 0 Å². The van der Waals surface area contributed by atoms with Crippen LogP contribution in [0, 0.1) is 5.92 Å². The minimum Gasteiger partial charge on any atom is -0.497 e. The first-order valence-electron chi connectivity index (χ1n) is 12.5. The number of hydrogen-bond acceptors (Lipinski definition) is 4. The molecule has 1 aliphatic carbocycles. The summed E-state index contributed by atoms with van der Waals surface area (Å²) in [6, 6.07) is 24.9. The van der Waals surface area contributed by atoms with E-state index < -0.39 is 0 Å². The van der Waals surface area contributed by atoms with Crippen molar-refractivity contribution >= 4 is 17.5 Å². The Morgan fingerprint density at radius 3 is 2.35 bits per heavy atom. The van der Waals surface area contributed by atoms with Crippen molar-refractivity contribution in [2.75, 3.05) is 12.4 Å². The number of hydrogen-bond donors (Lipinski definition) is 2. The van der Waals surface area contributed by atoms with Crippen molar-refractivity contribution in [1.82, 2.24) is 15.1 Å². The van der Waals surface area contributed by atoms with Crippen LogP contribution in [0.25, 0.3) is 11.3 Å². The van der Waals surface area contributed by atoms with Gasteiger partial charge in [-0.25, -0.2) is 0 Å². The molecule has 0 spiro atoms. The molecule has 1 atom stereocenters. The molecule has 7 heteroatoms. The quantitative estimate of drug-likeness (QED) is 0.324. The van der Waals surface area contributed by atoms with Crippen molar-refractivity contribution in [3.63, 3.8) is 0 Å². The second kappa shape index (κ2) is 10.7. The minimum absolute atomic E-state index is 0.0766. The summed E-state index contributed by atoms with van der Waals surface area (Å²) in [6.07, 6.45) is 3.73. The second-order valence-electron chi connectivity index (χ2n) is 9.38. The summed E-state index contributed by atoms with van der Waals surface area (Å²) in [5, 5.41) is 10.8. The van der Waals surface area contributed by atoms with Gasteiger partial charge in [-0.2, -0.15) is 5.10 Å². The molecule has 0 saturated heterocycles. The average Bonchev–Trinajstić information content (AvgIpc) is 3.70. The van der Waals surface area contributed by atoms with E-state index in [0.717, 1.165) is 41.0 Å². The number of rotatable bonds is 9. The number of carbonyl (C=O) groups excluding carboxylic acids is 2. The molecule has 7 nitrogen and oxygen atoms in total. The SMILES string of the molecule is COc1ccc(-c2nn(Cc3ccccc3)cc2C(=O)NC(C)c2ccc(NC(=O)C3CC3)cc2)cc1. The fraction of sp³-hybridized carbons (Fsp3) is 0.233. The number of methoxy groups -OCH3 is 1. The Hall–Kier alpha value is -4.39. The van der Waals surface area contributed by atoms with E-state index >= 15 is 0 Å². The van der Waals surface area contributed by atoms with Crippen molar-refractivity contribution in [2.24, 2.45) is 5.92 Å². The van der Waals surface area contributed by atoms with Crippen molar-refractivity contribution in [3.05, 3.63) is 102 Å². The highest BCUT2D eigenvalue weighted by atomic mass is 16.5. The molecule has 37 heavy (non-hydrogen) atoms. The summed E-state index contributed by atoms with van der Waals surface area (Å²) in [7, 11) is 1.62. The van der Waals surface area contributed by atoms with Gasteiger partial charge in [-0.3, -0.25) is 14.3 Å². The highest BCUT2D eigenvalue weighted by Gasteiger charge is 2.29. The highest BCUT2D eigenvalue weighted by Crippen LogP contribution is 2.30. The van der Waals surface area contributed by atoms with Gasteiger partial charge in [0.2, 0.25) is 5.91 Å². The van der Waals surface area contributed by atoms with E-state index in [-0.39, 0.29) is 23.8 Å². The van der Waals surface area contributed by atoms with Crippen LogP contribution < -0.4 is 15.4 Å². The molecular weight excluding hydrogens is 464 g/mol. The third-order valence-corrected chi connectivity index (χ3v) is 6.53. The highest BCUT2D eigenvalue weighted by molar-refractivity contribution is 6.00. The maximum Gasteiger partial charge on any atom is 0.255 e. The van der Waals surface area contributed by atoms with Crippen LogP contribution in [-0.4, -0.2) is 28.7 Å². The lowest BCUT2D eigenvalue weighted by Crippen LogP contribution is -2.26. The second-order valence-corrected chi connectivity index (χ2v) is 9.38. The molecule has 0 bridgehead atoms. The molecule has 4 aromatic rings. The lowest BCUT2D eigenvalue weighted by molar-refractivity contribution is -0.117. The molecule has 1 unspecified atom stereocenters. The third kappa shape index (κ3) is 5.89. The first-order valence-corrected chi connectivity index (χ1v) is 12.5. The van der Waals surface area contributed by atoms with Gasteiger partial charge in [0.05, 0.1) is 25.3 Å². The van der Waals surface area contributed by atoms with Gasteiger partial charge in [0, 0.05) is 23.4 Å². The van der Waals surface area contributed by atoms with Gasteiger partial charge in [0.1, 0.15) is 11.4 Å². The summed E-state index contributed by atoms with van der Waals surface area (Å²) < 4.78 is 7.08. The first-order chi connectivity index (χ1) is 18.0. The Morgan fingerprint density at radius 1 is 1.00 bits per heavy atom. The van der Waals surface area contributed by atoms with Crippen LogP contribution in [0.5, 0.6) is 5.75 Å². The van der Waals surface area contributed by atoms with E-state index in [1.807, 2.05) is 85.8 Å². The molecule has 0 radical (unpaired) electrons. The average molecular weight is 495 g/mol. The molecule has 1 fully saturated rings. The lowest BCUT2D eigenvalue weighted by atomic mass is 10.1. The fourth-order valence-corrected chi connectivity index (χ4v) is 4.20. The van der Waals surface area contributed by atoms with Gasteiger partial charge in [0.15, 0.2) is 0 Å². The van der Waals surface area contributed by atoms with Gasteiger partial charge in [-0.05, 0) is 67.3 Å². The lowest BCUT2D eigenvalue weighted by Gasteiger charge is -2.15. The maximum absolute atomic E-state index is 13.5. The smallest absolute Gasteiger partial charge is 0.255 e.